The van der Waals surface area contributed by atoms with Crippen molar-refractivity contribution in [3.05, 3.63) is 83.8 Å². The Kier molecular flexibility index (Phi) is 9.35. The van der Waals surface area contributed by atoms with Crippen LogP contribution in [-0.4, -0.2) is 31.3 Å². The Bertz CT molecular complexity index is 1520. The highest BCUT2D eigenvalue weighted by Crippen LogP contribution is 2.46. The molecule has 0 saturated carbocycles. The van der Waals surface area contributed by atoms with Crippen LogP contribution in [0.25, 0.3) is 0 Å². The van der Waals surface area contributed by atoms with Gasteiger partial charge in [-0.2, -0.15) is 8.42 Å². The topological polar surface area (TPSA) is 128 Å². The molecule has 42 heavy (non-hydrogen) atoms. The predicted molar refractivity (Wildman–Crippen MR) is 160 cm³/mol. The van der Waals surface area contributed by atoms with Crippen LogP contribution in [0.3, 0.4) is 0 Å². The normalized spacial score (nSPS) is 20.2. The van der Waals surface area contributed by atoms with E-state index in [9.17, 15) is 22.4 Å². The Morgan fingerprint density at radius 2 is 1.76 bits per heavy atom. The summed E-state index contributed by atoms with van der Waals surface area (Å²) in [6, 6.07) is 15.7. The van der Waals surface area contributed by atoms with Gasteiger partial charge in [-0.1, -0.05) is 58.4 Å². The number of ketones is 1. The van der Waals surface area contributed by atoms with Gasteiger partial charge in [0.1, 0.15) is 17.8 Å². The van der Waals surface area contributed by atoms with Crippen molar-refractivity contribution in [3.63, 3.8) is 0 Å². The van der Waals surface area contributed by atoms with Gasteiger partial charge < -0.3 is 10.5 Å². The van der Waals surface area contributed by atoms with Crippen molar-refractivity contribution in [1.29, 1.82) is 0 Å². The number of sulfonamides is 1. The zero-order chi connectivity index (χ0) is 30.7. The first kappa shape index (κ1) is 31.2. The van der Waals surface area contributed by atoms with E-state index in [4.69, 9.17) is 10.5 Å². The van der Waals surface area contributed by atoms with Crippen molar-refractivity contribution < 1.29 is 27.1 Å². The number of esters is 1. The molecule has 224 valence electrons. The number of hydrogen-bond donors (Lipinski definition) is 2. The molecule has 2 aromatic carbocycles. The second kappa shape index (κ2) is 12.6. The molecule has 1 aliphatic heterocycles. The largest absolute Gasteiger partial charge is 0.461 e. The number of benzene rings is 2. The zero-order valence-corrected chi connectivity index (χ0v) is 25.2. The van der Waals surface area contributed by atoms with E-state index in [0.29, 0.717) is 30.5 Å². The van der Waals surface area contributed by atoms with Gasteiger partial charge in [-0.05, 0) is 72.2 Å². The Morgan fingerprint density at radius 1 is 1.05 bits per heavy atom. The number of Topliss-reactive ketones (excluding diaryl/α,β-unsaturated/α-hetero) is 1. The van der Waals surface area contributed by atoms with Crippen LogP contribution >= 0.6 is 0 Å². The third kappa shape index (κ3) is 7.15. The van der Waals surface area contributed by atoms with Gasteiger partial charge >= 0.3 is 5.97 Å². The smallest absolute Gasteiger partial charge is 0.317 e. The minimum Gasteiger partial charge on any atom is -0.461 e. The Labute approximate surface area is 246 Å². The molecular formula is C32H38FN3O5S. The maximum Gasteiger partial charge on any atom is 0.317 e. The van der Waals surface area contributed by atoms with E-state index in [2.05, 4.69) is 9.71 Å². The van der Waals surface area contributed by atoms with Crippen molar-refractivity contribution >= 4 is 33.2 Å². The van der Waals surface area contributed by atoms with E-state index in [1.54, 1.807) is 36.4 Å². The first-order valence-corrected chi connectivity index (χ1v) is 15.6. The number of nitrogens with one attached hydrogen (secondary N) is 1. The number of pyridine rings is 1. The van der Waals surface area contributed by atoms with E-state index in [0.717, 1.165) is 12.0 Å². The number of carbonyl (C=O) groups excluding carboxylic acids is 2. The van der Waals surface area contributed by atoms with E-state index < -0.39 is 45.3 Å². The van der Waals surface area contributed by atoms with Crippen LogP contribution in [0.1, 0.15) is 64.0 Å². The van der Waals surface area contributed by atoms with Gasteiger partial charge in [0.2, 0.25) is 0 Å². The second-order valence-corrected chi connectivity index (χ2v) is 13.5. The molecule has 0 amide bonds. The summed E-state index contributed by atoms with van der Waals surface area (Å²) in [6.07, 6.45) is 3.05. The van der Waals surface area contributed by atoms with Crippen LogP contribution in [0, 0.1) is 23.1 Å². The molecule has 4 rings (SSSR count). The van der Waals surface area contributed by atoms with Crippen molar-refractivity contribution in [3.8, 4) is 0 Å². The van der Waals surface area contributed by atoms with Gasteiger partial charge in [0.05, 0.1) is 17.8 Å². The number of ether oxygens (including phenoxy) is 1. The van der Waals surface area contributed by atoms with Crippen LogP contribution in [0.5, 0.6) is 0 Å². The van der Waals surface area contributed by atoms with Crippen molar-refractivity contribution in [2.24, 2.45) is 17.3 Å². The van der Waals surface area contributed by atoms with E-state index >= 15 is 0 Å². The fourth-order valence-electron chi connectivity index (χ4n) is 5.73. The number of aromatic nitrogens is 1. The van der Waals surface area contributed by atoms with Gasteiger partial charge in [0.15, 0.2) is 10.8 Å². The number of nitrogen functional groups attached to an aromatic ring is 1. The number of anilines is 2. The number of aryl methyl sites for hydroxylation is 1. The number of rotatable bonds is 10. The van der Waals surface area contributed by atoms with Gasteiger partial charge in [-0.25, -0.2) is 9.37 Å². The van der Waals surface area contributed by atoms with Gasteiger partial charge in [0, 0.05) is 11.6 Å². The predicted octanol–water partition coefficient (Wildman–Crippen LogP) is 5.89. The third-order valence-electron chi connectivity index (χ3n) is 7.67. The first-order chi connectivity index (χ1) is 19.8. The van der Waals surface area contributed by atoms with Crippen LogP contribution in [-0.2, 0) is 30.8 Å². The molecule has 1 fully saturated rings. The van der Waals surface area contributed by atoms with E-state index in [1.807, 2.05) is 27.7 Å². The number of hydrogen-bond acceptors (Lipinski definition) is 7. The minimum atomic E-state index is -4.01. The van der Waals surface area contributed by atoms with Crippen LogP contribution in [0.4, 0.5) is 15.8 Å². The molecule has 0 aliphatic carbocycles. The summed E-state index contributed by atoms with van der Waals surface area (Å²) >= 11 is 0. The lowest BCUT2D eigenvalue weighted by Gasteiger charge is -2.42. The van der Waals surface area contributed by atoms with E-state index in [-0.39, 0.29) is 22.3 Å². The summed E-state index contributed by atoms with van der Waals surface area (Å²) in [4.78, 5) is 31.6. The minimum absolute atomic E-state index is 0.177. The number of halogens is 1. The fraction of sp³-hybridized carbons (Fsp3) is 0.406. The quantitative estimate of drug-likeness (QED) is 0.221. The molecule has 4 atom stereocenters. The number of carbonyl (C=O) groups is 2. The summed E-state index contributed by atoms with van der Waals surface area (Å²) in [5.74, 6) is -3.24. The highest BCUT2D eigenvalue weighted by Gasteiger charge is 2.51. The molecule has 10 heteroatoms. The van der Waals surface area contributed by atoms with Gasteiger partial charge in [-0.15, -0.1) is 0 Å². The zero-order valence-electron chi connectivity index (χ0n) is 24.3. The summed E-state index contributed by atoms with van der Waals surface area (Å²) < 4.78 is 47.9. The van der Waals surface area contributed by atoms with Crippen LogP contribution in [0.2, 0.25) is 0 Å². The monoisotopic (exact) mass is 595 g/mol. The lowest BCUT2D eigenvalue weighted by atomic mass is 9.65. The summed E-state index contributed by atoms with van der Waals surface area (Å²) in [5, 5.41) is -0.188. The SMILES string of the molecule is CCC[C@H]1OC(=O)C(C(c2cccc(NS(=O)(=O)c3ccc(N)cn3)c2)C(C)(C)C)C(=O)C1CCc1ccc(F)cc1. The standard InChI is InChI=1S/C32H38FN3O5S/c1-5-7-26-25(16-12-20-10-13-22(33)14-11-20)30(37)28(31(38)41-26)29(32(2,3)4)21-8-6-9-24(18-21)36-42(39,40)27-17-15-23(34)19-35-27/h6,8-11,13-15,17-19,25-26,28-29,36H,5,7,12,16,34H2,1-4H3/t25?,26-,28?,29?/m1/s1. The molecule has 3 N–H and O–H groups in total. The summed E-state index contributed by atoms with van der Waals surface area (Å²) in [5.41, 5.74) is 7.22. The molecule has 1 aliphatic rings. The summed E-state index contributed by atoms with van der Waals surface area (Å²) in [6.45, 7) is 7.81. The molecule has 8 nitrogen and oxygen atoms in total. The fourth-order valence-corrected chi connectivity index (χ4v) is 6.71. The van der Waals surface area contributed by atoms with Gasteiger partial charge in [0.25, 0.3) is 10.0 Å². The molecule has 3 aromatic rings. The average Bonchev–Trinajstić information content (AvgIpc) is 2.91. The summed E-state index contributed by atoms with van der Waals surface area (Å²) in [7, 11) is -4.01. The molecule has 0 spiro atoms. The molecule has 0 radical (unpaired) electrons. The average molecular weight is 596 g/mol. The molecular weight excluding hydrogens is 557 g/mol. The maximum atomic E-state index is 14.2. The molecule has 3 unspecified atom stereocenters. The Hall–Kier alpha value is -3.79. The molecule has 1 aromatic heterocycles. The Morgan fingerprint density at radius 3 is 2.38 bits per heavy atom. The third-order valence-corrected chi connectivity index (χ3v) is 8.97. The maximum absolute atomic E-state index is 14.2. The van der Waals surface area contributed by atoms with Crippen molar-refractivity contribution in [2.45, 2.75) is 70.4 Å². The van der Waals surface area contributed by atoms with Crippen LogP contribution in [0.15, 0.2) is 71.9 Å². The second-order valence-electron chi connectivity index (χ2n) is 11.9. The van der Waals surface area contributed by atoms with Crippen molar-refractivity contribution in [1.82, 2.24) is 4.98 Å². The number of cyclic esters (lactones) is 1. The molecule has 1 saturated heterocycles. The lowest BCUT2D eigenvalue weighted by molar-refractivity contribution is -0.174. The molecule has 0 bridgehead atoms. The van der Waals surface area contributed by atoms with Crippen LogP contribution < -0.4 is 10.5 Å². The highest BCUT2D eigenvalue weighted by atomic mass is 32.2. The van der Waals surface area contributed by atoms with Gasteiger partial charge in [-0.3, -0.25) is 14.3 Å². The number of nitrogens with two attached hydrogens (primary N) is 1. The van der Waals surface area contributed by atoms with Crippen molar-refractivity contribution in [2.75, 3.05) is 10.5 Å². The first-order valence-electron chi connectivity index (χ1n) is 14.1. The Balaban J connectivity index is 1.65. The molecule has 2 heterocycles. The highest BCUT2D eigenvalue weighted by molar-refractivity contribution is 7.92. The number of nitrogens with zero attached hydrogens (tertiary/aromatic N) is 1. The van der Waals surface area contributed by atoms with E-state index in [1.165, 1.54) is 30.5 Å². The lowest BCUT2D eigenvalue weighted by Crippen LogP contribution is -2.50.